The van der Waals surface area contributed by atoms with Crippen LogP contribution in [0.3, 0.4) is 0 Å². The number of alkyl halides is 9. The Morgan fingerprint density at radius 3 is 1.61 bits per heavy atom. The molecule has 0 heterocycles. The molecular weight excluding hydrogens is 447 g/mol. The van der Waals surface area contributed by atoms with Gasteiger partial charge >= 0.3 is 29.9 Å². The minimum atomic E-state index is -6.97. The molecule has 12 heteroatoms. The molecule has 0 fully saturated rings. The van der Waals surface area contributed by atoms with Crippen molar-refractivity contribution in [2.45, 2.75) is 30.9 Å². The first kappa shape index (κ1) is 24.4. The summed E-state index contributed by atoms with van der Waals surface area (Å²) in [4.78, 5) is 11.5. The van der Waals surface area contributed by atoms with Crippen molar-refractivity contribution in [2.24, 2.45) is 0 Å². The molecule has 0 aliphatic heterocycles. The second-order valence-electron chi connectivity index (χ2n) is 6.09. The molecule has 0 atom stereocenters. The van der Waals surface area contributed by atoms with E-state index < -0.39 is 35.5 Å². The first-order valence-electron chi connectivity index (χ1n) is 8.41. The van der Waals surface area contributed by atoms with E-state index >= 15 is 0 Å². The van der Waals surface area contributed by atoms with E-state index in [9.17, 15) is 44.3 Å². The fourth-order valence-corrected chi connectivity index (χ4v) is 2.30. The maximum Gasteiger partial charge on any atom is 0.460 e. The van der Waals surface area contributed by atoms with Gasteiger partial charge in [-0.25, -0.2) is 4.79 Å². The molecule has 0 spiro atoms. The molecule has 31 heavy (non-hydrogen) atoms. The van der Waals surface area contributed by atoms with Crippen LogP contribution in [-0.2, 0) is 10.7 Å². The van der Waals surface area contributed by atoms with E-state index in [0.29, 0.717) is 12.1 Å². The number of ether oxygens (including phenoxy) is 2. The number of carbonyl (C=O) groups excluding carboxylic acids is 1. The number of halogens is 9. The van der Waals surface area contributed by atoms with Crippen molar-refractivity contribution in [2.75, 3.05) is 6.61 Å². The SMILES string of the molecule is CCOC(=O)c1ccc(Oc2ccc(C(F)(F)C(F)(F)C(F)(F)C(F)(F)F)cc2)cc1. The molecule has 170 valence electrons. The molecule has 0 amide bonds. The van der Waals surface area contributed by atoms with Gasteiger partial charge in [-0.15, -0.1) is 0 Å². The Kier molecular flexibility index (Phi) is 6.53. The van der Waals surface area contributed by atoms with Crippen LogP contribution in [0, 0.1) is 0 Å². The van der Waals surface area contributed by atoms with Gasteiger partial charge in [0.1, 0.15) is 11.5 Å². The molecular formula is C19H13F9O3. The van der Waals surface area contributed by atoms with Crippen LogP contribution in [0.25, 0.3) is 0 Å². The van der Waals surface area contributed by atoms with E-state index in [1.54, 1.807) is 6.92 Å². The van der Waals surface area contributed by atoms with E-state index in [0.717, 1.165) is 0 Å². The standard InChI is InChI=1S/C19H13F9O3/c1-2-30-15(29)11-3-7-13(8-4-11)31-14-9-5-12(6-10-14)16(20,21)17(22,23)18(24,25)19(26,27)28/h3-10H,2H2,1H3. The summed E-state index contributed by atoms with van der Waals surface area (Å²) in [6.45, 7) is 1.74. The fourth-order valence-electron chi connectivity index (χ4n) is 2.30. The van der Waals surface area contributed by atoms with Crippen LogP contribution in [-0.4, -0.2) is 30.6 Å². The molecule has 2 rings (SSSR count). The minimum absolute atomic E-state index is 0.0847. The van der Waals surface area contributed by atoms with Crippen LogP contribution in [0.15, 0.2) is 48.5 Å². The van der Waals surface area contributed by atoms with Crippen LogP contribution in [0.4, 0.5) is 39.5 Å². The number of hydrogen-bond acceptors (Lipinski definition) is 3. The van der Waals surface area contributed by atoms with E-state index in [2.05, 4.69) is 0 Å². The van der Waals surface area contributed by atoms with Gasteiger partial charge in [-0.3, -0.25) is 0 Å². The quantitative estimate of drug-likeness (QED) is 0.346. The lowest BCUT2D eigenvalue weighted by atomic mass is 9.97. The Labute approximate surface area is 169 Å². The Balaban J connectivity index is 2.22. The fraction of sp³-hybridized carbons (Fsp3) is 0.316. The zero-order valence-electron chi connectivity index (χ0n) is 15.5. The summed E-state index contributed by atoms with van der Waals surface area (Å²) in [5, 5.41) is 0. The van der Waals surface area contributed by atoms with Gasteiger partial charge in [-0.1, -0.05) is 0 Å². The second-order valence-corrected chi connectivity index (χ2v) is 6.09. The van der Waals surface area contributed by atoms with Crippen molar-refractivity contribution in [3.8, 4) is 11.5 Å². The zero-order chi connectivity index (χ0) is 23.7. The van der Waals surface area contributed by atoms with Gasteiger partial charge in [0, 0.05) is 5.56 Å². The average molecular weight is 460 g/mol. The molecule has 0 saturated heterocycles. The van der Waals surface area contributed by atoms with Crippen molar-refractivity contribution in [1.29, 1.82) is 0 Å². The Hall–Kier alpha value is -2.92. The first-order chi connectivity index (χ1) is 14.1. The lowest BCUT2D eigenvalue weighted by Gasteiger charge is -2.33. The smallest absolute Gasteiger partial charge is 0.460 e. The summed E-state index contributed by atoms with van der Waals surface area (Å²) in [6, 6.07) is 7.07. The largest absolute Gasteiger partial charge is 0.462 e. The predicted octanol–water partition coefficient (Wildman–Crippen LogP) is 6.58. The molecule has 0 aromatic heterocycles. The zero-order valence-corrected chi connectivity index (χ0v) is 15.5. The molecule has 0 aliphatic rings. The van der Waals surface area contributed by atoms with Gasteiger partial charge in [-0.2, -0.15) is 39.5 Å². The maximum absolute atomic E-state index is 13.9. The van der Waals surface area contributed by atoms with Gasteiger partial charge in [0.15, 0.2) is 0 Å². The van der Waals surface area contributed by atoms with Crippen molar-refractivity contribution in [1.82, 2.24) is 0 Å². The van der Waals surface area contributed by atoms with Gasteiger partial charge in [-0.05, 0) is 55.5 Å². The molecule has 0 unspecified atom stereocenters. The molecule has 3 nitrogen and oxygen atoms in total. The van der Waals surface area contributed by atoms with Crippen molar-refractivity contribution in [3.05, 3.63) is 59.7 Å². The summed E-state index contributed by atoms with van der Waals surface area (Å²) in [5.74, 6) is -20.3. The molecule has 2 aromatic rings. The molecule has 0 N–H and O–H groups in total. The second kappa shape index (κ2) is 8.31. The lowest BCUT2D eigenvalue weighted by molar-refractivity contribution is -0.399. The normalized spacial score (nSPS) is 13.1. The highest BCUT2D eigenvalue weighted by Crippen LogP contribution is 2.56. The average Bonchev–Trinajstić information content (AvgIpc) is 2.68. The Morgan fingerprint density at radius 2 is 1.19 bits per heavy atom. The lowest BCUT2D eigenvalue weighted by Crippen LogP contribution is -2.59. The highest BCUT2D eigenvalue weighted by Gasteiger charge is 2.82. The third-order valence-electron chi connectivity index (χ3n) is 3.96. The highest BCUT2D eigenvalue weighted by molar-refractivity contribution is 5.89. The van der Waals surface area contributed by atoms with Gasteiger partial charge in [0.25, 0.3) is 0 Å². The van der Waals surface area contributed by atoms with Gasteiger partial charge in [0.2, 0.25) is 0 Å². The summed E-state index contributed by atoms with van der Waals surface area (Å²) < 4.78 is 127. The van der Waals surface area contributed by atoms with Crippen LogP contribution in [0.2, 0.25) is 0 Å². The minimum Gasteiger partial charge on any atom is -0.462 e. The summed E-state index contributed by atoms with van der Waals surface area (Å²) in [7, 11) is 0. The van der Waals surface area contributed by atoms with Crippen LogP contribution in [0.1, 0.15) is 22.8 Å². The van der Waals surface area contributed by atoms with E-state index in [1.807, 2.05) is 0 Å². The number of benzene rings is 2. The molecule has 0 bridgehead atoms. The Bertz CT molecular complexity index is 905. The van der Waals surface area contributed by atoms with Crippen molar-refractivity contribution < 1.29 is 53.8 Å². The number of carbonyl (C=O) groups is 1. The monoisotopic (exact) mass is 460 g/mol. The van der Waals surface area contributed by atoms with E-state index in [-0.39, 0.29) is 35.8 Å². The highest BCUT2D eigenvalue weighted by atomic mass is 19.4. The summed E-state index contributed by atoms with van der Waals surface area (Å²) in [5.41, 5.74) is -1.59. The Morgan fingerprint density at radius 1 is 0.742 bits per heavy atom. The van der Waals surface area contributed by atoms with E-state index in [4.69, 9.17) is 9.47 Å². The van der Waals surface area contributed by atoms with Gasteiger partial charge in [0.05, 0.1) is 12.2 Å². The van der Waals surface area contributed by atoms with Crippen LogP contribution < -0.4 is 4.74 Å². The summed E-state index contributed by atoms with van der Waals surface area (Å²) >= 11 is 0. The predicted molar refractivity (Wildman–Crippen MR) is 88.8 cm³/mol. The first-order valence-corrected chi connectivity index (χ1v) is 8.41. The van der Waals surface area contributed by atoms with Crippen molar-refractivity contribution >= 4 is 5.97 Å². The number of rotatable bonds is 7. The molecule has 0 aliphatic carbocycles. The molecule has 0 saturated carbocycles. The number of esters is 1. The maximum atomic E-state index is 13.9. The van der Waals surface area contributed by atoms with Crippen LogP contribution >= 0.6 is 0 Å². The molecule has 2 aromatic carbocycles. The topological polar surface area (TPSA) is 35.5 Å². The summed E-state index contributed by atoms with van der Waals surface area (Å²) in [6.07, 6.45) is -6.89. The van der Waals surface area contributed by atoms with Gasteiger partial charge < -0.3 is 9.47 Å². The third kappa shape index (κ3) is 4.57. The third-order valence-corrected chi connectivity index (χ3v) is 3.96. The van der Waals surface area contributed by atoms with Crippen LogP contribution in [0.5, 0.6) is 11.5 Å². The molecule has 0 radical (unpaired) electrons. The van der Waals surface area contributed by atoms with E-state index in [1.165, 1.54) is 24.3 Å². The number of hydrogen-bond donors (Lipinski definition) is 0. The van der Waals surface area contributed by atoms with Crippen molar-refractivity contribution in [3.63, 3.8) is 0 Å².